The normalized spacial score (nSPS) is 10.8. The van der Waals surface area contributed by atoms with Gasteiger partial charge in [0.1, 0.15) is 12.4 Å². The summed E-state index contributed by atoms with van der Waals surface area (Å²) >= 11 is 1.34. The molecule has 22 heavy (non-hydrogen) atoms. The first kappa shape index (κ1) is 16.4. The molecule has 118 valence electrons. The molecule has 2 aromatic rings. The van der Waals surface area contributed by atoms with E-state index in [1.54, 1.807) is 6.92 Å². The Balaban J connectivity index is 2.04. The molecule has 0 saturated heterocycles. The summed E-state index contributed by atoms with van der Waals surface area (Å²) in [5.74, 6) is 1.21. The Morgan fingerprint density at radius 1 is 1.36 bits per heavy atom. The topological polar surface area (TPSA) is 64.1 Å². The van der Waals surface area contributed by atoms with Crippen molar-refractivity contribution < 1.29 is 9.53 Å². The van der Waals surface area contributed by atoms with Gasteiger partial charge in [-0.1, -0.05) is 44.2 Å². The quantitative estimate of drug-likeness (QED) is 0.877. The van der Waals surface area contributed by atoms with Gasteiger partial charge < -0.3 is 10.1 Å². The highest BCUT2D eigenvalue weighted by Crippen LogP contribution is 2.28. The van der Waals surface area contributed by atoms with Gasteiger partial charge >= 0.3 is 0 Å². The maximum Gasteiger partial charge on any atom is 0.225 e. The van der Waals surface area contributed by atoms with Gasteiger partial charge in [0.15, 0.2) is 5.01 Å². The summed E-state index contributed by atoms with van der Waals surface area (Å²) < 4.78 is 5.91. The number of rotatable bonds is 6. The molecule has 0 aliphatic rings. The van der Waals surface area contributed by atoms with Crippen LogP contribution in [0.15, 0.2) is 18.2 Å². The monoisotopic (exact) mass is 319 g/mol. The zero-order valence-corrected chi connectivity index (χ0v) is 14.2. The number of nitrogens with one attached hydrogen (secondary N) is 1. The molecule has 0 spiro atoms. The van der Waals surface area contributed by atoms with Crippen LogP contribution in [0.2, 0.25) is 0 Å². The molecule has 0 fully saturated rings. The van der Waals surface area contributed by atoms with Crippen molar-refractivity contribution >= 4 is 22.4 Å². The molecule has 0 bridgehead atoms. The lowest BCUT2D eigenvalue weighted by molar-refractivity contribution is -0.115. The van der Waals surface area contributed by atoms with Crippen LogP contribution in [0.3, 0.4) is 0 Å². The van der Waals surface area contributed by atoms with Crippen molar-refractivity contribution in [1.82, 2.24) is 10.2 Å². The second-order valence-electron chi connectivity index (χ2n) is 5.39. The highest BCUT2D eigenvalue weighted by atomic mass is 32.1. The number of carbonyl (C=O) groups excluding carboxylic acids is 1. The maximum atomic E-state index is 11.3. The van der Waals surface area contributed by atoms with Crippen LogP contribution >= 0.6 is 11.3 Å². The first-order chi connectivity index (χ1) is 10.5. The number of hydrogen-bond acceptors (Lipinski definition) is 5. The molecular weight excluding hydrogens is 298 g/mol. The van der Waals surface area contributed by atoms with Crippen molar-refractivity contribution in [2.75, 3.05) is 5.32 Å². The lowest BCUT2D eigenvalue weighted by Gasteiger charge is -2.13. The van der Waals surface area contributed by atoms with Crippen LogP contribution in [-0.2, 0) is 11.4 Å². The van der Waals surface area contributed by atoms with E-state index in [0.717, 1.165) is 16.3 Å². The summed E-state index contributed by atoms with van der Waals surface area (Å²) in [6.07, 6.45) is 0.423. The molecule has 0 aliphatic heterocycles. The zero-order valence-electron chi connectivity index (χ0n) is 13.3. The van der Waals surface area contributed by atoms with E-state index in [1.807, 2.05) is 13.0 Å². The molecule has 0 atom stereocenters. The number of amides is 1. The van der Waals surface area contributed by atoms with E-state index < -0.39 is 0 Å². The third kappa shape index (κ3) is 4.27. The minimum Gasteiger partial charge on any atom is -0.486 e. The van der Waals surface area contributed by atoms with Gasteiger partial charge in [-0.15, -0.1) is 10.2 Å². The Morgan fingerprint density at radius 2 is 2.14 bits per heavy atom. The molecule has 0 saturated carbocycles. The van der Waals surface area contributed by atoms with Gasteiger partial charge in [-0.25, -0.2) is 0 Å². The number of anilines is 1. The summed E-state index contributed by atoms with van der Waals surface area (Å²) in [6, 6.07) is 6.23. The van der Waals surface area contributed by atoms with Gasteiger partial charge in [-0.3, -0.25) is 4.79 Å². The number of ether oxygens (including phenoxy) is 1. The largest absolute Gasteiger partial charge is 0.486 e. The number of benzene rings is 1. The van der Waals surface area contributed by atoms with Crippen LogP contribution in [0.5, 0.6) is 5.75 Å². The Labute approximate surface area is 134 Å². The van der Waals surface area contributed by atoms with E-state index >= 15 is 0 Å². The van der Waals surface area contributed by atoms with Crippen LogP contribution in [0, 0.1) is 6.92 Å². The number of nitrogens with zero attached hydrogens (tertiary/aromatic N) is 2. The molecule has 1 amide bonds. The lowest BCUT2D eigenvalue weighted by atomic mass is 10.0. The van der Waals surface area contributed by atoms with E-state index in [2.05, 4.69) is 41.5 Å². The number of aryl methyl sites for hydroxylation is 1. The van der Waals surface area contributed by atoms with Crippen LogP contribution in [0.1, 0.15) is 49.2 Å². The number of hydrogen-bond donors (Lipinski definition) is 1. The summed E-state index contributed by atoms with van der Waals surface area (Å²) in [5.41, 5.74) is 2.34. The molecule has 0 aliphatic carbocycles. The molecular formula is C16H21N3O2S. The Morgan fingerprint density at radius 3 is 2.82 bits per heavy atom. The van der Waals surface area contributed by atoms with Gasteiger partial charge in [-0.05, 0) is 30.0 Å². The smallest absolute Gasteiger partial charge is 0.225 e. The highest BCUT2D eigenvalue weighted by molar-refractivity contribution is 7.15. The molecule has 0 unspecified atom stereocenters. The average Bonchev–Trinajstić information content (AvgIpc) is 2.92. The van der Waals surface area contributed by atoms with Gasteiger partial charge in [0.25, 0.3) is 0 Å². The van der Waals surface area contributed by atoms with Crippen molar-refractivity contribution in [3.63, 3.8) is 0 Å². The van der Waals surface area contributed by atoms with Gasteiger partial charge in [0.05, 0.1) is 0 Å². The van der Waals surface area contributed by atoms with E-state index in [9.17, 15) is 4.79 Å². The SMILES string of the molecule is CCC(=O)Nc1nnc(COc2cc(C)ccc2C(C)C)s1. The molecule has 1 aromatic carbocycles. The molecule has 1 aromatic heterocycles. The molecule has 2 rings (SSSR count). The van der Waals surface area contributed by atoms with E-state index in [0.29, 0.717) is 24.1 Å². The standard InChI is InChI=1S/C16H21N3O2S/c1-5-14(20)17-16-19-18-15(22-16)9-21-13-8-11(4)6-7-12(13)10(2)3/h6-8,10H,5,9H2,1-4H3,(H,17,19,20). The molecule has 1 heterocycles. The van der Waals surface area contributed by atoms with E-state index in [1.165, 1.54) is 16.9 Å². The van der Waals surface area contributed by atoms with E-state index in [-0.39, 0.29) is 5.91 Å². The maximum absolute atomic E-state index is 11.3. The third-order valence-corrected chi connectivity index (χ3v) is 3.99. The van der Waals surface area contributed by atoms with Crippen LogP contribution in [0.25, 0.3) is 0 Å². The summed E-state index contributed by atoms with van der Waals surface area (Å²) in [6.45, 7) is 8.47. The van der Waals surface area contributed by atoms with Crippen LogP contribution < -0.4 is 10.1 Å². The highest BCUT2D eigenvalue weighted by Gasteiger charge is 2.11. The fourth-order valence-corrected chi connectivity index (χ4v) is 2.62. The minimum atomic E-state index is -0.0654. The predicted molar refractivity (Wildman–Crippen MR) is 88.4 cm³/mol. The summed E-state index contributed by atoms with van der Waals surface area (Å²) in [5, 5.41) is 11.9. The van der Waals surface area contributed by atoms with Gasteiger partial charge in [-0.2, -0.15) is 0 Å². The van der Waals surface area contributed by atoms with Crippen molar-refractivity contribution in [2.45, 2.75) is 46.6 Å². The number of carbonyl (C=O) groups is 1. The van der Waals surface area contributed by atoms with E-state index in [4.69, 9.17) is 4.74 Å². The Bertz CT molecular complexity index is 653. The molecule has 6 heteroatoms. The zero-order chi connectivity index (χ0) is 16.1. The van der Waals surface area contributed by atoms with Crippen molar-refractivity contribution in [3.8, 4) is 5.75 Å². The van der Waals surface area contributed by atoms with Crippen LogP contribution in [-0.4, -0.2) is 16.1 Å². The molecule has 1 N–H and O–H groups in total. The van der Waals surface area contributed by atoms with Gasteiger partial charge in [0.2, 0.25) is 11.0 Å². The Hall–Kier alpha value is -1.95. The minimum absolute atomic E-state index is 0.0654. The van der Waals surface area contributed by atoms with Crippen molar-refractivity contribution in [2.24, 2.45) is 0 Å². The molecule has 0 radical (unpaired) electrons. The first-order valence-corrected chi connectivity index (χ1v) is 8.16. The summed E-state index contributed by atoms with van der Waals surface area (Å²) in [7, 11) is 0. The average molecular weight is 319 g/mol. The second-order valence-corrected chi connectivity index (χ2v) is 6.45. The van der Waals surface area contributed by atoms with Crippen molar-refractivity contribution in [1.29, 1.82) is 0 Å². The second kappa shape index (κ2) is 7.35. The predicted octanol–water partition coefficient (Wildman–Crippen LogP) is 3.90. The fraction of sp³-hybridized carbons (Fsp3) is 0.438. The van der Waals surface area contributed by atoms with Gasteiger partial charge in [0, 0.05) is 6.42 Å². The van der Waals surface area contributed by atoms with Crippen LogP contribution in [0.4, 0.5) is 5.13 Å². The summed E-state index contributed by atoms with van der Waals surface area (Å²) in [4.78, 5) is 11.3. The lowest BCUT2D eigenvalue weighted by Crippen LogP contribution is -2.08. The third-order valence-electron chi connectivity index (χ3n) is 3.18. The first-order valence-electron chi connectivity index (χ1n) is 7.35. The molecule has 5 nitrogen and oxygen atoms in total. The fourth-order valence-electron chi connectivity index (χ4n) is 1.95. The Kier molecular flexibility index (Phi) is 5.49. The van der Waals surface area contributed by atoms with Crippen molar-refractivity contribution in [3.05, 3.63) is 34.3 Å². The number of aromatic nitrogens is 2.